The summed E-state index contributed by atoms with van der Waals surface area (Å²) in [6, 6.07) is 13.4. The molecule has 0 aliphatic carbocycles. The van der Waals surface area contributed by atoms with Crippen molar-refractivity contribution in [3.8, 4) is 0 Å². The van der Waals surface area contributed by atoms with Crippen LogP contribution in [-0.4, -0.2) is 47.8 Å². The number of rotatable bonds is 10. The number of piperidine rings is 1. The minimum absolute atomic E-state index is 0.0151. The lowest BCUT2D eigenvalue weighted by atomic mass is 9.67. The number of nitrogens with zero attached hydrogens (tertiary/aromatic N) is 1. The minimum atomic E-state index is -3.48. The van der Waals surface area contributed by atoms with Crippen molar-refractivity contribution >= 4 is 44.9 Å². The average molecular weight is 569 g/mol. The molecule has 0 aromatic heterocycles. The Morgan fingerprint density at radius 1 is 1.08 bits per heavy atom. The molecule has 4 atom stereocenters. The zero-order valence-electron chi connectivity index (χ0n) is 21.7. The monoisotopic (exact) mass is 567 g/mol. The molecule has 1 aliphatic rings. The molecular weight excluding hydrogens is 533 g/mol. The number of likely N-dealkylation sites (tertiary alicyclic amines) is 1. The number of hydrogen-bond acceptors (Lipinski definition) is 4. The van der Waals surface area contributed by atoms with Crippen molar-refractivity contribution in [2.24, 2.45) is 11.3 Å². The van der Waals surface area contributed by atoms with Gasteiger partial charge in [-0.05, 0) is 54.2 Å². The van der Waals surface area contributed by atoms with Gasteiger partial charge < -0.3 is 10.0 Å². The van der Waals surface area contributed by atoms with Gasteiger partial charge in [-0.1, -0.05) is 75.2 Å². The summed E-state index contributed by atoms with van der Waals surface area (Å²) >= 11 is 12.5. The van der Waals surface area contributed by atoms with Crippen LogP contribution in [0.4, 0.5) is 0 Å². The molecule has 1 aliphatic heterocycles. The number of sulfone groups is 1. The first-order valence-electron chi connectivity index (χ1n) is 12.5. The van der Waals surface area contributed by atoms with Gasteiger partial charge >= 0.3 is 5.97 Å². The van der Waals surface area contributed by atoms with Gasteiger partial charge in [-0.15, -0.1) is 0 Å². The summed E-state index contributed by atoms with van der Waals surface area (Å²) in [5.41, 5.74) is 0.443. The summed E-state index contributed by atoms with van der Waals surface area (Å²) in [5, 5.41) is 10.8. The molecule has 1 unspecified atom stereocenters. The first kappa shape index (κ1) is 29.5. The zero-order chi connectivity index (χ0) is 27.5. The molecular formula is C28H35Cl2NO5S. The van der Waals surface area contributed by atoms with E-state index in [1.165, 1.54) is 0 Å². The fourth-order valence-corrected chi connectivity index (χ4v) is 8.00. The molecule has 37 heavy (non-hydrogen) atoms. The van der Waals surface area contributed by atoms with Crippen LogP contribution in [0.25, 0.3) is 0 Å². The summed E-state index contributed by atoms with van der Waals surface area (Å²) < 4.78 is 26.2. The van der Waals surface area contributed by atoms with E-state index in [0.29, 0.717) is 16.5 Å². The predicted octanol–water partition coefficient (Wildman–Crippen LogP) is 6.38. The number of halogens is 2. The van der Waals surface area contributed by atoms with E-state index in [1.807, 2.05) is 51.1 Å². The normalized spacial score (nSPS) is 23.3. The maximum atomic E-state index is 14.2. The highest BCUT2D eigenvalue weighted by Gasteiger charge is 2.52. The third-order valence-corrected chi connectivity index (χ3v) is 9.58. The molecule has 1 heterocycles. The number of carbonyl (C=O) groups excluding carboxylic acids is 1. The third-order valence-electron chi connectivity index (χ3n) is 7.03. The highest BCUT2D eigenvalue weighted by Crippen LogP contribution is 2.52. The highest BCUT2D eigenvalue weighted by molar-refractivity contribution is 7.91. The standard InChI is InChI=1S/C28H35Cl2NO5S/c1-5-23(17-37(35,36)16-18(2)3)31-26(19-9-11-21(29)12-10-19)24(20-7-6-8-22(30)13-20)14-28(4,27(31)34)15-25(32)33/h6-13,18,23-24,26H,5,14-17H2,1-4H3,(H,32,33)/t23-,24?,26+,28-/m0/s1. The van der Waals surface area contributed by atoms with E-state index in [2.05, 4.69) is 0 Å². The number of benzene rings is 2. The summed E-state index contributed by atoms with van der Waals surface area (Å²) in [4.78, 5) is 27.8. The van der Waals surface area contributed by atoms with E-state index in [4.69, 9.17) is 23.2 Å². The van der Waals surface area contributed by atoms with E-state index in [-0.39, 0.29) is 42.1 Å². The largest absolute Gasteiger partial charge is 0.481 e. The lowest BCUT2D eigenvalue weighted by Crippen LogP contribution is -2.57. The zero-order valence-corrected chi connectivity index (χ0v) is 24.0. The molecule has 0 saturated carbocycles. The SMILES string of the molecule is CC[C@@H](CS(=O)(=O)CC(C)C)N1C(=O)[C@](C)(CC(=O)O)CC(c2cccc(Cl)c2)[C@H]1c1ccc(Cl)cc1. The second kappa shape index (κ2) is 11.7. The van der Waals surface area contributed by atoms with Crippen LogP contribution in [0.3, 0.4) is 0 Å². The van der Waals surface area contributed by atoms with Gasteiger partial charge in [0, 0.05) is 22.0 Å². The Labute approximate surface area is 229 Å². The van der Waals surface area contributed by atoms with Gasteiger partial charge in [-0.2, -0.15) is 0 Å². The van der Waals surface area contributed by atoms with Crippen LogP contribution in [0.15, 0.2) is 48.5 Å². The molecule has 2 aromatic rings. The predicted molar refractivity (Wildman–Crippen MR) is 148 cm³/mol. The third kappa shape index (κ3) is 7.06. The first-order valence-corrected chi connectivity index (χ1v) is 15.1. The van der Waals surface area contributed by atoms with Crippen LogP contribution < -0.4 is 0 Å². The van der Waals surface area contributed by atoms with Crippen LogP contribution in [-0.2, 0) is 19.4 Å². The topological polar surface area (TPSA) is 91.8 Å². The molecule has 0 radical (unpaired) electrons. The van der Waals surface area contributed by atoms with Gasteiger partial charge in [0.2, 0.25) is 5.91 Å². The van der Waals surface area contributed by atoms with E-state index in [1.54, 1.807) is 30.0 Å². The summed E-state index contributed by atoms with van der Waals surface area (Å²) in [6.07, 6.45) is 0.317. The molecule has 1 amide bonds. The number of carbonyl (C=O) groups is 2. The smallest absolute Gasteiger partial charge is 0.304 e. The Morgan fingerprint density at radius 2 is 1.73 bits per heavy atom. The molecule has 9 heteroatoms. The minimum Gasteiger partial charge on any atom is -0.481 e. The first-order chi connectivity index (χ1) is 17.3. The second-order valence-electron chi connectivity index (χ2n) is 10.7. The lowest BCUT2D eigenvalue weighted by molar-refractivity contribution is -0.160. The van der Waals surface area contributed by atoms with Crippen LogP contribution in [0.2, 0.25) is 10.0 Å². The Kier molecular flexibility index (Phi) is 9.36. The number of hydrogen-bond donors (Lipinski definition) is 1. The Balaban J connectivity index is 2.23. The Hall–Kier alpha value is -2.09. The molecule has 0 bridgehead atoms. The van der Waals surface area contributed by atoms with Gasteiger partial charge in [0.05, 0.1) is 29.4 Å². The van der Waals surface area contributed by atoms with Crippen LogP contribution in [0.5, 0.6) is 0 Å². The number of amides is 1. The van der Waals surface area contributed by atoms with Crippen molar-refractivity contribution in [1.29, 1.82) is 0 Å². The van der Waals surface area contributed by atoms with Gasteiger partial charge in [-0.3, -0.25) is 9.59 Å². The van der Waals surface area contributed by atoms with Crippen molar-refractivity contribution in [2.45, 2.75) is 65.0 Å². The molecule has 1 fully saturated rings. The maximum absolute atomic E-state index is 14.2. The Bertz CT molecular complexity index is 1230. The lowest BCUT2D eigenvalue weighted by Gasteiger charge is -2.51. The summed E-state index contributed by atoms with van der Waals surface area (Å²) in [6.45, 7) is 7.22. The van der Waals surface area contributed by atoms with Crippen molar-refractivity contribution in [2.75, 3.05) is 11.5 Å². The van der Waals surface area contributed by atoms with Crippen molar-refractivity contribution in [1.82, 2.24) is 4.90 Å². The van der Waals surface area contributed by atoms with E-state index < -0.39 is 33.3 Å². The van der Waals surface area contributed by atoms with Crippen molar-refractivity contribution < 1.29 is 23.1 Å². The van der Waals surface area contributed by atoms with Gasteiger partial charge in [-0.25, -0.2) is 8.42 Å². The fourth-order valence-electron chi connectivity index (χ4n) is 5.54. The van der Waals surface area contributed by atoms with Crippen molar-refractivity contribution in [3.63, 3.8) is 0 Å². The molecule has 202 valence electrons. The second-order valence-corrected chi connectivity index (χ2v) is 13.8. The maximum Gasteiger partial charge on any atom is 0.304 e. The van der Waals surface area contributed by atoms with Crippen LogP contribution in [0, 0.1) is 11.3 Å². The number of carboxylic acid groups (broad SMARTS) is 1. The van der Waals surface area contributed by atoms with Gasteiger partial charge in [0.1, 0.15) is 0 Å². The number of aliphatic carboxylic acids is 1. The summed E-state index contributed by atoms with van der Waals surface area (Å²) in [5.74, 6) is -1.97. The molecule has 6 nitrogen and oxygen atoms in total. The fraction of sp³-hybridized carbons (Fsp3) is 0.500. The molecule has 0 spiro atoms. The van der Waals surface area contributed by atoms with E-state index in [0.717, 1.165) is 11.1 Å². The molecule has 1 saturated heterocycles. The highest BCUT2D eigenvalue weighted by atomic mass is 35.5. The van der Waals surface area contributed by atoms with Gasteiger partial charge in [0.15, 0.2) is 9.84 Å². The number of carboxylic acids is 1. The molecule has 3 rings (SSSR count). The Morgan fingerprint density at radius 3 is 2.27 bits per heavy atom. The van der Waals surface area contributed by atoms with Crippen LogP contribution >= 0.6 is 23.2 Å². The van der Waals surface area contributed by atoms with Crippen LogP contribution in [0.1, 0.15) is 70.0 Å². The quantitative estimate of drug-likeness (QED) is 0.359. The molecule has 2 aromatic carbocycles. The van der Waals surface area contributed by atoms with Crippen molar-refractivity contribution in [3.05, 3.63) is 69.7 Å². The van der Waals surface area contributed by atoms with E-state index in [9.17, 15) is 23.1 Å². The summed E-state index contributed by atoms with van der Waals surface area (Å²) in [7, 11) is -3.48. The van der Waals surface area contributed by atoms with E-state index >= 15 is 0 Å². The molecule has 1 N–H and O–H groups in total. The average Bonchev–Trinajstić information content (AvgIpc) is 2.78. The van der Waals surface area contributed by atoms with Gasteiger partial charge in [0.25, 0.3) is 0 Å².